The third-order valence-electron chi connectivity index (χ3n) is 7.73. The average molecular weight is 483 g/mol. The summed E-state index contributed by atoms with van der Waals surface area (Å²) in [6.45, 7) is 3.30. The Labute approximate surface area is 208 Å². The molecule has 1 atom stereocenters. The maximum Gasteiger partial charge on any atom is 0.312 e. The molecule has 0 aromatic heterocycles. The van der Waals surface area contributed by atoms with Gasteiger partial charge in [-0.05, 0) is 37.2 Å². The molecule has 8 heteroatoms. The molecule has 3 fully saturated rings. The Bertz CT molecular complexity index is 900. The predicted octanol–water partition coefficient (Wildman–Crippen LogP) is 2.33. The number of unbranched alkanes of at least 4 members (excludes halogenated alkanes) is 1. The summed E-state index contributed by atoms with van der Waals surface area (Å²) in [7, 11) is 0. The van der Waals surface area contributed by atoms with Crippen LogP contribution >= 0.6 is 0 Å². The first kappa shape index (κ1) is 25.2. The highest BCUT2D eigenvalue weighted by molar-refractivity contribution is 6.36. The van der Waals surface area contributed by atoms with E-state index in [0.717, 1.165) is 31.2 Å². The topological polar surface area (TPSA) is 90.0 Å². The van der Waals surface area contributed by atoms with Crippen molar-refractivity contribution in [1.82, 2.24) is 20.0 Å². The predicted molar refractivity (Wildman–Crippen MR) is 132 cm³/mol. The van der Waals surface area contributed by atoms with E-state index in [4.69, 9.17) is 0 Å². The zero-order chi connectivity index (χ0) is 24.6. The summed E-state index contributed by atoms with van der Waals surface area (Å²) in [5.41, 5.74) is 0.992. The van der Waals surface area contributed by atoms with Gasteiger partial charge >= 0.3 is 23.6 Å². The Morgan fingerprint density at radius 1 is 0.771 bits per heavy atom. The van der Waals surface area contributed by atoms with Gasteiger partial charge in [-0.1, -0.05) is 62.4 Å². The second-order valence-electron chi connectivity index (χ2n) is 10.2. The monoisotopic (exact) mass is 482 g/mol. The number of hydrogen-bond donors (Lipinski definition) is 1. The molecule has 1 aromatic carbocycles. The van der Waals surface area contributed by atoms with Crippen molar-refractivity contribution in [2.75, 3.05) is 32.7 Å². The first-order valence-corrected chi connectivity index (χ1v) is 13.2. The van der Waals surface area contributed by atoms with Crippen LogP contribution in [-0.4, -0.2) is 77.1 Å². The number of nitrogens with one attached hydrogen (secondary N) is 1. The summed E-state index contributed by atoms with van der Waals surface area (Å²) in [5.74, 6) is -1.09. The van der Waals surface area contributed by atoms with Gasteiger partial charge in [-0.25, -0.2) is 0 Å². The Kier molecular flexibility index (Phi) is 8.77. The first-order chi connectivity index (χ1) is 17.0. The highest BCUT2D eigenvalue weighted by Crippen LogP contribution is 2.26. The fourth-order valence-corrected chi connectivity index (χ4v) is 5.57. The first-order valence-electron chi connectivity index (χ1n) is 13.2. The fraction of sp³-hybridized carbons (Fsp3) is 0.630. The smallest absolute Gasteiger partial charge is 0.312 e. The molecular weight excluding hydrogens is 444 g/mol. The molecule has 1 aromatic rings. The highest BCUT2D eigenvalue weighted by atomic mass is 16.2. The Hall–Kier alpha value is -2.90. The lowest BCUT2D eigenvalue weighted by Crippen LogP contribution is -2.57. The van der Waals surface area contributed by atoms with Gasteiger partial charge in [0.05, 0.1) is 0 Å². The van der Waals surface area contributed by atoms with Crippen molar-refractivity contribution in [3.05, 3.63) is 35.9 Å². The number of carbonyl (C=O) groups excluding carboxylic acids is 4. The van der Waals surface area contributed by atoms with Crippen LogP contribution in [0.2, 0.25) is 0 Å². The molecule has 2 saturated heterocycles. The van der Waals surface area contributed by atoms with E-state index >= 15 is 0 Å². The largest absolute Gasteiger partial charge is 0.346 e. The van der Waals surface area contributed by atoms with E-state index in [0.29, 0.717) is 45.2 Å². The summed E-state index contributed by atoms with van der Waals surface area (Å²) in [5, 5.41) is 2.70. The van der Waals surface area contributed by atoms with Crippen LogP contribution in [0.25, 0.3) is 0 Å². The number of rotatable bonds is 10. The van der Waals surface area contributed by atoms with Crippen LogP contribution in [0.3, 0.4) is 0 Å². The maximum absolute atomic E-state index is 12.7. The van der Waals surface area contributed by atoms with Crippen molar-refractivity contribution in [3.63, 3.8) is 0 Å². The van der Waals surface area contributed by atoms with Gasteiger partial charge in [0.25, 0.3) is 0 Å². The molecule has 2 heterocycles. The summed E-state index contributed by atoms with van der Waals surface area (Å²) < 4.78 is 0. The van der Waals surface area contributed by atoms with E-state index in [9.17, 15) is 19.2 Å². The van der Waals surface area contributed by atoms with Crippen LogP contribution in [0.4, 0.5) is 0 Å². The number of benzene rings is 1. The van der Waals surface area contributed by atoms with Gasteiger partial charge in [0, 0.05) is 45.3 Å². The van der Waals surface area contributed by atoms with E-state index in [1.807, 2.05) is 30.3 Å². The number of amides is 4. The van der Waals surface area contributed by atoms with E-state index in [1.54, 1.807) is 14.7 Å². The third-order valence-corrected chi connectivity index (χ3v) is 7.73. The lowest BCUT2D eigenvalue weighted by atomic mass is 9.87. The van der Waals surface area contributed by atoms with Crippen LogP contribution in [0.15, 0.2) is 30.3 Å². The van der Waals surface area contributed by atoms with Gasteiger partial charge in [0.1, 0.15) is 0 Å². The molecular formula is C27H38N4O4. The normalized spacial score (nSPS) is 22.1. The van der Waals surface area contributed by atoms with Crippen LogP contribution in [0.1, 0.15) is 63.4 Å². The zero-order valence-electron chi connectivity index (χ0n) is 20.6. The number of piperazine rings is 2. The van der Waals surface area contributed by atoms with Crippen molar-refractivity contribution in [2.45, 2.75) is 70.4 Å². The molecule has 4 rings (SSSR count). The summed E-state index contributed by atoms with van der Waals surface area (Å²) in [4.78, 5) is 54.8. The fourth-order valence-electron chi connectivity index (χ4n) is 5.57. The van der Waals surface area contributed by atoms with Crippen LogP contribution in [0, 0.1) is 5.92 Å². The van der Waals surface area contributed by atoms with Crippen LogP contribution in [-0.2, 0) is 25.7 Å². The lowest BCUT2D eigenvalue weighted by molar-refractivity contribution is -0.156. The highest BCUT2D eigenvalue weighted by Gasteiger charge is 2.34. The van der Waals surface area contributed by atoms with Gasteiger partial charge in [-0.3, -0.25) is 19.2 Å². The summed E-state index contributed by atoms with van der Waals surface area (Å²) >= 11 is 0. The van der Waals surface area contributed by atoms with Gasteiger partial charge in [-0.2, -0.15) is 0 Å². The number of nitrogens with zero attached hydrogens (tertiary/aromatic N) is 3. The Morgan fingerprint density at radius 3 is 2.17 bits per heavy atom. The molecule has 0 radical (unpaired) electrons. The van der Waals surface area contributed by atoms with Gasteiger partial charge in [0.2, 0.25) is 0 Å². The van der Waals surface area contributed by atoms with E-state index in [2.05, 4.69) is 5.32 Å². The van der Waals surface area contributed by atoms with Gasteiger partial charge in [-0.15, -0.1) is 0 Å². The average Bonchev–Trinajstić information content (AvgIpc) is 2.89. The van der Waals surface area contributed by atoms with Gasteiger partial charge < -0.3 is 20.0 Å². The SMILES string of the molecule is O=C1NC[C@@H](CCCCN2CCN(CCC3CCCCC3)C(=O)C2=O)N(Cc2ccccc2)C1=O. The standard InChI is InChI=1S/C27H38N4O4/c32-24-25(33)31(20-22-11-5-2-6-12-22)23(19-28-24)13-7-8-15-29-17-18-30(27(35)26(29)34)16-14-21-9-3-1-4-10-21/h2,5-6,11-12,21,23H,1,3-4,7-10,13-20H2,(H,28,32)/t23-/m1/s1. The van der Waals surface area contributed by atoms with E-state index in [1.165, 1.54) is 32.1 Å². The molecule has 1 saturated carbocycles. The third kappa shape index (κ3) is 6.61. The van der Waals surface area contributed by atoms with Crippen molar-refractivity contribution >= 4 is 23.6 Å². The van der Waals surface area contributed by atoms with Crippen molar-refractivity contribution in [1.29, 1.82) is 0 Å². The minimum atomic E-state index is -0.553. The minimum absolute atomic E-state index is 0.0747. The molecule has 0 bridgehead atoms. The quantitative estimate of drug-likeness (QED) is 0.409. The Balaban J connectivity index is 1.20. The molecule has 4 amide bonds. The van der Waals surface area contributed by atoms with Crippen LogP contribution < -0.4 is 5.32 Å². The van der Waals surface area contributed by atoms with Crippen molar-refractivity contribution in [3.8, 4) is 0 Å². The summed E-state index contributed by atoms with van der Waals surface area (Å²) in [6.07, 6.45) is 9.72. The van der Waals surface area contributed by atoms with Crippen molar-refractivity contribution in [2.24, 2.45) is 5.92 Å². The minimum Gasteiger partial charge on any atom is -0.346 e. The molecule has 1 aliphatic carbocycles. The second-order valence-corrected chi connectivity index (χ2v) is 10.2. The second kappa shape index (κ2) is 12.2. The molecule has 2 aliphatic heterocycles. The van der Waals surface area contributed by atoms with E-state index < -0.39 is 11.8 Å². The number of hydrogen-bond acceptors (Lipinski definition) is 4. The molecule has 1 N–H and O–H groups in total. The summed E-state index contributed by atoms with van der Waals surface area (Å²) in [6, 6.07) is 9.60. The zero-order valence-corrected chi connectivity index (χ0v) is 20.6. The lowest BCUT2D eigenvalue weighted by Gasteiger charge is -2.36. The molecule has 8 nitrogen and oxygen atoms in total. The number of carbonyl (C=O) groups is 4. The molecule has 0 spiro atoms. The molecule has 0 unspecified atom stereocenters. The molecule has 3 aliphatic rings. The Morgan fingerprint density at radius 2 is 1.46 bits per heavy atom. The van der Waals surface area contributed by atoms with Crippen LogP contribution in [0.5, 0.6) is 0 Å². The maximum atomic E-state index is 12.7. The van der Waals surface area contributed by atoms with Crippen molar-refractivity contribution < 1.29 is 19.2 Å². The van der Waals surface area contributed by atoms with E-state index in [-0.39, 0.29) is 17.9 Å². The van der Waals surface area contributed by atoms with Gasteiger partial charge in [0.15, 0.2) is 0 Å². The molecule has 35 heavy (non-hydrogen) atoms. The molecule has 190 valence electrons.